The highest BCUT2D eigenvalue weighted by molar-refractivity contribution is 7.22. The van der Waals surface area contributed by atoms with Crippen LogP contribution >= 0.6 is 23.7 Å². The molecular formula is C23H24ClN3O3S. The third-order valence-corrected chi connectivity index (χ3v) is 5.96. The fraction of sp³-hybridized carbons (Fsp3) is 0.261. The smallest absolute Gasteiger partial charge is 0.349 e. The molecule has 0 unspecified atom stereocenters. The van der Waals surface area contributed by atoms with E-state index >= 15 is 0 Å². The number of hydrogen-bond donors (Lipinski definition) is 0. The molecule has 31 heavy (non-hydrogen) atoms. The van der Waals surface area contributed by atoms with Crippen molar-refractivity contribution in [2.24, 2.45) is 0 Å². The predicted octanol–water partition coefficient (Wildman–Crippen LogP) is 4.65. The van der Waals surface area contributed by atoms with Gasteiger partial charge in [0.2, 0.25) is 0 Å². The fourth-order valence-electron chi connectivity index (χ4n) is 3.41. The molecule has 0 atom stereocenters. The van der Waals surface area contributed by atoms with Crippen LogP contribution in [0.3, 0.4) is 0 Å². The lowest BCUT2D eigenvalue weighted by Crippen LogP contribution is -2.38. The number of benzene rings is 2. The number of thiazole rings is 1. The minimum atomic E-state index is -0.637. The maximum Gasteiger partial charge on any atom is 0.349 e. The van der Waals surface area contributed by atoms with Crippen molar-refractivity contribution in [3.63, 3.8) is 0 Å². The zero-order chi connectivity index (χ0) is 21.4. The first-order valence-electron chi connectivity index (χ1n) is 9.71. The van der Waals surface area contributed by atoms with Crippen molar-refractivity contribution >= 4 is 56.0 Å². The fourth-order valence-corrected chi connectivity index (χ4v) is 4.58. The Morgan fingerprint density at radius 2 is 1.84 bits per heavy atom. The quantitative estimate of drug-likeness (QED) is 0.408. The average Bonchev–Trinajstić information content (AvgIpc) is 3.11. The van der Waals surface area contributed by atoms with Gasteiger partial charge in [-0.05, 0) is 57.3 Å². The van der Waals surface area contributed by atoms with Gasteiger partial charge in [0.1, 0.15) is 11.1 Å². The molecular weight excluding hydrogens is 434 g/mol. The molecule has 0 bridgehead atoms. The third-order valence-electron chi connectivity index (χ3n) is 4.94. The van der Waals surface area contributed by atoms with Gasteiger partial charge in [-0.15, -0.1) is 12.4 Å². The number of fused-ring (bicyclic) bond motifs is 2. The number of para-hydroxylation sites is 1. The van der Waals surface area contributed by atoms with Crippen LogP contribution in [0, 0.1) is 13.8 Å². The zero-order valence-corrected chi connectivity index (χ0v) is 19.5. The molecule has 2 aromatic heterocycles. The second-order valence-electron chi connectivity index (χ2n) is 7.67. The largest absolute Gasteiger partial charge is 0.422 e. The average molecular weight is 458 g/mol. The summed E-state index contributed by atoms with van der Waals surface area (Å²) in [5.74, 6) is -0.398. The lowest BCUT2D eigenvalue weighted by molar-refractivity contribution is 0.0982. The lowest BCUT2D eigenvalue weighted by atomic mass is 10.1. The molecule has 0 N–H and O–H groups in total. The van der Waals surface area contributed by atoms with Crippen molar-refractivity contribution in [1.29, 1.82) is 0 Å². The maximum atomic E-state index is 13.5. The van der Waals surface area contributed by atoms with Gasteiger partial charge in [-0.2, -0.15) is 0 Å². The first-order chi connectivity index (χ1) is 14.3. The van der Waals surface area contributed by atoms with Gasteiger partial charge in [0.15, 0.2) is 5.13 Å². The Labute approximate surface area is 190 Å². The summed E-state index contributed by atoms with van der Waals surface area (Å²) >= 11 is 1.46. The molecule has 0 aliphatic carbocycles. The van der Waals surface area contributed by atoms with Crippen LogP contribution in [0.2, 0.25) is 0 Å². The van der Waals surface area contributed by atoms with E-state index in [1.807, 2.05) is 45.0 Å². The van der Waals surface area contributed by atoms with Crippen LogP contribution in [0.4, 0.5) is 5.13 Å². The van der Waals surface area contributed by atoms with Crippen molar-refractivity contribution in [2.45, 2.75) is 13.8 Å². The van der Waals surface area contributed by atoms with Crippen LogP contribution in [0.25, 0.3) is 21.2 Å². The van der Waals surface area contributed by atoms with E-state index in [0.717, 1.165) is 21.3 Å². The minimum absolute atomic E-state index is 0. The van der Waals surface area contributed by atoms with Gasteiger partial charge < -0.3 is 9.32 Å². The van der Waals surface area contributed by atoms with E-state index in [1.165, 1.54) is 11.3 Å². The van der Waals surface area contributed by atoms with E-state index in [9.17, 15) is 9.59 Å². The third kappa shape index (κ3) is 4.63. The van der Waals surface area contributed by atoms with Crippen LogP contribution in [0.1, 0.15) is 21.5 Å². The molecule has 0 aliphatic heterocycles. The van der Waals surface area contributed by atoms with Crippen LogP contribution in [-0.2, 0) is 0 Å². The molecule has 2 heterocycles. The molecule has 1 amide bonds. The highest BCUT2D eigenvalue weighted by atomic mass is 35.5. The first kappa shape index (κ1) is 22.9. The van der Waals surface area contributed by atoms with Gasteiger partial charge >= 0.3 is 5.63 Å². The number of rotatable bonds is 5. The molecule has 0 saturated carbocycles. The Balaban J connectivity index is 0.00000272. The Morgan fingerprint density at radius 1 is 1.10 bits per heavy atom. The molecule has 6 nitrogen and oxygen atoms in total. The summed E-state index contributed by atoms with van der Waals surface area (Å²) in [6, 6.07) is 12.9. The van der Waals surface area contributed by atoms with Gasteiger partial charge in [0.25, 0.3) is 5.91 Å². The summed E-state index contributed by atoms with van der Waals surface area (Å²) < 4.78 is 6.41. The molecule has 8 heteroatoms. The van der Waals surface area contributed by atoms with Gasteiger partial charge in [-0.1, -0.05) is 35.6 Å². The minimum Gasteiger partial charge on any atom is -0.422 e. The summed E-state index contributed by atoms with van der Waals surface area (Å²) in [7, 11) is 3.89. The summed E-state index contributed by atoms with van der Waals surface area (Å²) in [6.07, 6.45) is 0. The van der Waals surface area contributed by atoms with Crippen LogP contribution in [0.5, 0.6) is 0 Å². The van der Waals surface area contributed by atoms with Crippen molar-refractivity contribution in [3.8, 4) is 0 Å². The van der Waals surface area contributed by atoms with Crippen LogP contribution in [0.15, 0.2) is 51.7 Å². The van der Waals surface area contributed by atoms with Crippen molar-refractivity contribution in [3.05, 3.63) is 69.6 Å². The van der Waals surface area contributed by atoms with Crippen LogP contribution < -0.4 is 10.5 Å². The van der Waals surface area contributed by atoms with Gasteiger partial charge in [0, 0.05) is 18.5 Å². The number of nitrogens with zero attached hydrogens (tertiary/aromatic N) is 3. The Bertz CT molecular complexity index is 1310. The number of aromatic nitrogens is 1. The highest BCUT2D eigenvalue weighted by Crippen LogP contribution is 2.32. The van der Waals surface area contributed by atoms with E-state index in [0.29, 0.717) is 29.2 Å². The zero-order valence-electron chi connectivity index (χ0n) is 17.8. The number of amides is 1. The number of hydrogen-bond acceptors (Lipinski definition) is 6. The van der Waals surface area contributed by atoms with E-state index in [1.54, 1.807) is 23.1 Å². The first-order valence-corrected chi connectivity index (χ1v) is 10.5. The lowest BCUT2D eigenvalue weighted by Gasteiger charge is -2.21. The Kier molecular flexibility index (Phi) is 6.79. The molecule has 4 rings (SSSR count). The van der Waals surface area contributed by atoms with Crippen LogP contribution in [-0.4, -0.2) is 43.0 Å². The number of halogens is 1. The second kappa shape index (κ2) is 9.18. The van der Waals surface area contributed by atoms with E-state index in [2.05, 4.69) is 12.1 Å². The van der Waals surface area contributed by atoms with E-state index < -0.39 is 11.5 Å². The summed E-state index contributed by atoms with van der Waals surface area (Å²) in [5.41, 5.74) is 2.94. The molecule has 0 spiro atoms. The topological polar surface area (TPSA) is 66.7 Å². The number of aryl methyl sites for hydroxylation is 2. The molecule has 0 aliphatic rings. The normalized spacial score (nSPS) is 11.1. The SMILES string of the molecule is Cc1cc(C)c2nc(N(CCN(C)C)C(=O)c3cc4ccccc4oc3=O)sc2c1.Cl. The standard InChI is InChI=1S/C23H23N3O3S.ClH/c1-14-11-15(2)20-19(12-14)30-23(24-20)26(10-9-25(3)4)21(27)17-13-16-7-5-6-8-18(16)29-22(17)28;/h5-8,11-13H,9-10H2,1-4H3;1H. The number of carbonyl (C=O) groups is 1. The number of likely N-dealkylation sites (N-methyl/N-ethyl adjacent to an activating group) is 1. The Hall–Kier alpha value is -2.74. The molecule has 162 valence electrons. The van der Waals surface area contributed by atoms with Crippen molar-refractivity contribution in [2.75, 3.05) is 32.1 Å². The molecule has 0 fully saturated rings. The molecule has 2 aromatic carbocycles. The van der Waals surface area contributed by atoms with Gasteiger partial charge in [-0.3, -0.25) is 9.69 Å². The molecule has 0 saturated heterocycles. The van der Waals surface area contributed by atoms with Gasteiger partial charge in [-0.25, -0.2) is 9.78 Å². The second-order valence-corrected chi connectivity index (χ2v) is 8.68. The predicted molar refractivity (Wildman–Crippen MR) is 129 cm³/mol. The highest BCUT2D eigenvalue weighted by Gasteiger charge is 2.25. The summed E-state index contributed by atoms with van der Waals surface area (Å²) in [4.78, 5) is 34.4. The molecule has 0 radical (unpaired) electrons. The van der Waals surface area contributed by atoms with E-state index in [-0.39, 0.29) is 18.0 Å². The van der Waals surface area contributed by atoms with Crippen molar-refractivity contribution in [1.82, 2.24) is 9.88 Å². The summed E-state index contributed by atoms with van der Waals surface area (Å²) in [6.45, 7) is 5.11. The monoisotopic (exact) mass is 457 g/mol. The van der Waals surface area contributed by atoms with Gasteiger partial charge in [0.05, 0.1) is 10.2 Å². The molecule has 4 aromatic rings. The summed E-state index contributed by atoms with van der Waals surface area (Å²) in [5, 5.41) is 1.29. The van der Waals surface area contributed by atoms with Crippen molar-refractivity contribution < 1.29 is 9.21 Å². The Morgan fingerprint density at radius 3 is 2.58 bits per heavy atom. The number of anilines is 1. The number of carbonyl (C=O) groups excluding carboxylic acids is 1. The van der Waals surface area contributed by atoms with E-state index in [4.69, 9.17) is 9.40 Å². The maximum absolute atomic E-state index is 13.5.